The molecule has 0 unspecified atom stereocenters. The first-order valence-electron chi connectivity index (χ1n) is 8.25. The third-order valence-electron chi connectivity index (χ3n) is 3.58. The summed E-state index contributed by atoms with van der Waals surface area (Å²) in [5.74, 6) is 1.71. The molecule has 0 aliphatic rings. The van der Waals surface area contributed by atoms with Crippen molar-refractivity contribution in [2.24, 2.45) is 4.99 Å². The van der Waals surface area contributed by atoms with Gasteiger partial charge in [0.15, 0.2) is 5.96 Å². The number of aromatic nitrogens is 1. The Labute approximate surface area is 171 Å². The van der Waals surface area contributed by atoms with Crippen LogP contribution in [0.15, 0.2) is 29.4 Å². The number of hydrogen-bond acceptors (Lipinski definition) is 4. The van der Waals surface area contributed by atoms with Gasteiger partial charge in [-0.3, -0.25) is 0 Å². The number of thiazole rings is 1. The van der Waals surface area contributed by atoms with Gasteiger partial charge in [0.25, 0.3) is 0 Å². The number of aliphatic imine (C=N–C) groups is 1. The van der Waals surface area contributed by atoms with Crippen molar-refractivity contribution >= 4 is 41.3 Å². The van der Waals surface area contributed by atoms with Crippen LogP contribution in [0, 0.1) is 6.92 Å². The van der Waals surface area contributed by atoms with E-state index >= 15 is 0 Å². The van der Waals surface area contributed by atoms with Gasteiger partial charge in [-0.15, -0.1) is 35.3 Å². The molecule has 25 heavy (non-hydrogen) atoms. The molecule has 0 amide bonds. The summed E-state index contributed by atoms with van der Waals surface area (Å²) in [6.07, 6.45) is 2.98. The molecule has 0 saturated carbocycles. The lowest BCUT2D eigenvalue weighted by Gasteiger charge is -2.11. The molecule has 2 rings (SSSR count). The lowest BCUT2D eigenvalue weighted by atomic mass is 10.1. The Bertz CT molecular complexity index is 687. The molecule has 1 heterocycles. The second-order valence-electron chi connectivity index (χ2n) is 5.43. The molecule has 7 heteroatoms. The van der Waals surface area contributed by atoms with Crippen LogP contribution in [-0.4, -0.2) is 24.6 Å². The van der Waals surface area contributed by atoms with E-state index in [1.165, 1.54) is 4.88 Å². The number of nitrogens with one attached hydrogen (secondary N) is 2. The highest BCUT2D eigenvalue weighted by atomic mass is 127. The summed E-state index contributed by atoms with van der Waals surface area (Å²) in [6, 6.07) is 6.15. The molecule has 0 radical (unpaired) electrons. The van der Waals surface area contributed by atoms with Crippen LogP contribution in [-0.2, 0) is 19.5 Å². The third kappa shape index (κ3) is 6.81. The van der Waals surface area contributed by atoms with E-state index < -0.39 is 0 Å². The monoisotopic (exact) mass is 474 g/mol. The van der Waals surface area contributed by atoms with E-state index in [0.717, 1.165) is 40.8 Å². The number of benzene rings is 1. The van der Waals surface area contributed by atoms with Crippen molar-refractivity contribution in [3.05, 3.63) is 45.4 Å². The fraction of sp³-hybridized carbons (Fsp3) is 0.444. The van der Waals surface area contributed by atoms with Crippen LogP contribution in [0.25, 0.3) is 0 Å². The van der Waals surface area contributed by atoms with Crippen LogP contribution in [0.2, 0.25) is 0 Å². The predicted octanol–water partition coefficient (Wildman–Crippen LogP) is 3.90. The number of methoxy groups -OCH3 is 1. The molecule has 138 valence electrons. The van der Waals surface area contributed by atoms with Crippen molar-refractivity contribution in [3.8, 4) is 5.75 Å². The van der Waals surface area contributed by atoms with Crippen molar-refractivity contribution in [2.45, 2.75) is 40.3 Å². The number of nitrogens with zero attached hydrogens (tertiary/aromatic N) is 2. The number of rotatable bonds is 7. The maximum atomic E-state index is 5.30. The Morgan fingerprint density at radius 2 is 2.08 bits per heavy atom. The Hall–Kier alpha value is -1.35. The molecule has 0 bridgehead atoms. The minimum atomic E-state index is 0. The van der Waals surface area contributed by atoms with Gasteiger partial charge < -0.3 is 15.4 Å². The first kappa shape index (κ1) is 21.7. The number of halogens is 1. The summed E-state index contributed by atoms with van der Waals surface area (Å²) in [5, 5.41) is 7.70. The SMILES string of the molecule is CCNC(=NCc1ccc(OC)c(C)c1)NCc1ncc(CC)s1.I. The first-order chi connectivity index (χ1) is 11.7. The van der Waals surface area contributed by atoms with Crippen molar-refractivity contribution in [1.82, 2.24) is 15.6 Å². The summed E-state index contributed by atoms with van der Waals surface area (Å²) >= 11 is 1.74. The van der Waals surface area contributed by atoms with Gasteiger partial charge in [-0.25, -0.2) is 9.98 Å². The summed E-state index contributed by atoms with van der Waals surface area (Å²) in [7, 11) is 1.69. The van der Waals surface area contributed by atoms with Gasteiger partial charge >= 0.3 is 0 Å². The van der Waals surface area contributed by atoms with Crippen LogP contribution in [0.4, 0.5) is 0 Å². The number of ether oxygens (including phenoxy) is 1. The summed E-state index contributed by atoms with van der Waals surface area (Å²) in [5.41, 5.74) is 2.28. The van der Waals surface area contributed by atoms with Gasteiger partial charge in [0.2, 0.25) is 0 Å². The minimum Gasteiger partial charge on any atom is -0.496 e. The fourth-order valence-corrected chi connectivity index (χ4v) is 3.11. The highest BCUT2D eigenvalue weighted by molar-refractivity contribution is 14.0. The Morgan fingerprint density at radius 3 is 2.68 bits per heavy atom. The van der Waals surface area contributed by atoms with Gasteiger partial charge in [-0.05, 0) is 37.5 Å². The van der Waals surface area contributed by atoms with Gasteiger partial charge in [0.1, 0.15) is 10.8 Å². The van der Waals surface area contributed by atoms with Gasteiger partial charge in [-0.2, -0.15) is 0 Å². The molecule has 2 N–H and O–H groups in total. The summed E-state index contributed by atoms with van der Waals surface area (Å²) in [4.78, 5) is 10.4. The molecular weight excluding hydrogens is 447 g/mol. The highest BCUT2D eigenvalue weighted by Gasteiger charge is 2.04. The van der Waals surface area contributed by atoms with Gasteiger partial charge in [0.05, 0.1) is 20.2 Å². The van der Waals surface area contributed by atoms with Crippen molar-refractivity contribution < 1.29 is 4.74 Å². The Morgan fingerprint density at radius 1 is 1.28 bits per heavy atom. The molecule has 0 aliphatic carbocycles. The van der Waals surface area contributed by atoms with E-state index in [-0.39, 0.29) is 24.0 Å². The zero-order valence-corrected chi connectivity index (χ0v) is 18.4. The van der Waals surface area contributed by atoms with Gasteiger partial charge in [-0.1, -0.05) is 19.1 Å². The molecule has 5 nitrogen and oxygen atoms in total. The fourth-order valence-electron chi connectivity index (χ4n) is 2.30. The van der Waals surface area contributed by atoms with E-state index in [0.29, 0.717) is 13.1 Å². The topological polar surface area (TPSA) is 58.5 Å². The smallest absolute Gasteiger partial charge is 0.191 e. The zero-order chi connectivity index (χ0) is 17.4. The molecule has 2 aromatic rings. The largest absolute Gasteiger partial charge is 0.496 e. The Kier molecular flexibility index (Phi) is 9.81. The van der Waals surface area contributed by atoms with E-state index in [1.54, 1.807) is 18.4 Å². The average molecular weight is 474 g/mol. The molecule has 0 saturated heterocycles. The van der Waals surface area contributed by atoms with E-state index in [2.05, 4.69) is 40.5 Å². The molecule has 0 fully saturated rings. The minimum absolute atomic E-state index is 0. The van der Waals surface area contributed by atoms with Crippen molar-refractivity contribution in [2.75, 3.05) is 13.7 Å². The summed E-state index contributed by atoms with van der Waals surface area (Å²) in [6.45, 7) is 8.39. The standard InChI is InChI=1S/C18H26N4OS.HI/c1-5-15-11-20-17(24-15)12-22-18(19-6-2)21-10-14-7-8-16(23-4)13(3)9-14;/h7-9,11H,5-6,10,12H2,1-4H3,(H2,19,21,22);1H. The van der Waals surface area contributed by atoms with Crippen molar-refractivity contribution in [3.63, 3.8) is 0 Å². The van der Waals surface area contributed by atoms with Crippen LogP contribution in [0.5, 0.6) is 5.75 Å². The molecular formula is C18H27IN4OS. The second-order valence-corrected chi connectivity index (χ2v) is 6.63. The molecule has 0 aliphatic heterocycles. The quantitative estimate of drug-likeness (QED) is 0.363. The first-order valence-corrected chi connectivity index (χ1v) is 9.07. The summed E-state index contributed by atoms with van der Waals surface area (Å²) < 4.78 is 5.30. The molecule has 1 aromatic heterocycles. The number of guanidine groups is 1. The van der Waals surface area contributed by atoms with E-state index in [4.69, 9.17) is 4.74 Å². The maximum Gasteiger partial charge on any atom is 0.191 e. The number of hydrogen-bond donors (Lipinski definition) is 2. The normalized spacial score (nSPS) is 11.0. The zero-order valence-electron chi connectivity index (χ0n) is 15.3. The predicted molar refractivity (Wildman–Crippen MR) is 116 cm³/mol. The lowest BCUT2D eigenvalue weighted by Crippen LogP contribution is -2.36. The molecule has 0 atom stereocenters. The van der Waals surface area contributed by atoms with Crippen LogP contribution < -0.4 is 15.4 Å². The van der Waals surface area contributed by atoms with Crippen LogP contribution in [0.3, 0.4) is 0 Å². The van der Waals surface area contributed by atoms with Gasteiger partial charge in [0, 0.05) is 17.6 Å². The van der Waals surface area contributed by atoms with E-state index in [9.17, 15) is 0 Å². The lowest BCUT2D eigenvalue weighted by molar-refractivity contribution is 0.411. The molecule has 1 aromatic carbocycles. The molecule has 0 spiro atoms. The highest BCUT2D eigenvalue weighted by Crippen LogP contribution is 2.18. The Balaban J connectivity index is 0.00000312. The number of aryl methyl sites for hydroxylation is 2. The second kappa shape index (κ2) is 11.3. The van der Waals surface area contributed by atoms with Crippen LogP contribution >= 0.6 is 35.3 Å². The van der Waals surface area contributed by atoms with Crippen molar-refractivity contribution in [1.29, 1.82) is 0 Å². The third-order valence-corrected chi connectivity index (χ3v) is 4.72. The van der Waals surface area contributed by atoms with E-state index in [1.807, 2.05) is 25.3 Å². The van der Waals surface area contributed by atoms with Crippen LogP contribution in [0.1, 0.15) is 34.9 Å². The maximum absolute atomic E-state index is 5.30. The average Bonchev–Trinajstić information content (AvgIpc) is 3.05.